The average Bonchev–Trinajstić information content (AvgIpc) is 3.51. The van der Waals surface area contributed by atoms with Crippen LogP contribution in [0.5, 0.6) is 0 Å². The number of hydrogen-bond donors (Lipinski definition) is 0. The van der Waals surface area contributed by atoms with E-state index >= 15 is 0 Å². The fourth-order valence-electron chi connectivity index (χ4n) is 3.33. The van der Waals surface area contributed by atoms with Gasteiger partial charge in [0.15, 0.2) is 0 Å². The molecule has 0 nitrogen and oxygen atoms in total. The molecule has 6 aromatic heterocycles. The molecule has 30 heavy (non-hydrogen) atoms. The molecule has 152 valence electrons. The highest BCUT2D eigenvalue weighted by Gasteiger charge is 2.25. The van der Waals surface area contributed by atoms with E-state index in [1.807, 2.05) is 68.0 Å². The van der Waals surface area contributed by atoms with E-state index in [0.29, 0.717) is 0 Å². The zero-order valence-corrected chi connectivity index (χ0v) is 28.6. The first kappa shape index (κ1) is 22.4. The van der Waals surface area contributed by atoms with Gasteiger partial charge in [-0.15, -0.1) is 68.0 Å². The zero-order valence-electron chi connectivity index (χ0n) is 15.1. The average molecular weight is 948 g/mol. The highest BCUT2D eigenvalue weighted by Crippen LogP contribution is 2.56. The van der Waals surface area contributed by atoms with Crippen molar-refractivity contribution in [1.82, 2.24) is 0 Å². The molecule has 0 aliphatic heterocycles. The normalized spacial score (nSPS) is 12.3. The van der Waals surface area contributed by atoms with E-state index in [0.717, 1.165) is 0 Å². The zero-order chi connectivity index (χ0) is 20.9. The Hall–Kier alpha value is 1.90. The number of thiophene rings is 6. The van der Waals surface area contributed by atoms with Crippen molar-refractivity contribution in [2.24, 2.45) is 0 Å². The third-order valence-electron chi connectivity index (χ3n) is 4.86. The Kier molecular flexibility index (Phi) is 6.14. The Morgan fingerprint density at radius 1 is 0.467 bits per heavy atom. The lowest BCUT2D eigenvalue weighted by Crippen LogP contribution is -1.75. The second-order valence-electron chi connectivity index (χ2n) is 6.79. The van der Waals surface area contributed by atoms with Crippen molar-refractivity contribution in [1.29, 1.82) is 0 Å². The number of fused-ring (bicyclic) bond motifs is 5. The van der Waals surface area contributed by atoms with Crippen molar-refractivity contribution in [3.8, 4) is 19.5 Å². The molecule has 0 unspecified atom stereocenters. The molecule has 0 N–H and O–H groups in total. The Labute approximate surface area is 251 Å². The van der Waals surface area contributed by atoms with Crippen molar-refractivity contribution in [2.45, 2.75) is 13.8 Å². The van der Waals surface area contributed by atoms with Gasteiger partial charge in [-0.05, 0) is 126 Å². The third kappa shape index (κ3) is 3.23. The molecule has 0 aromatic carbocycles. The Morgan fingerprint density at radius 2 is 0.833 bits per heavy atom. The summed E-state index contributed by atoms with van der Waals surface area (Å²) in [6.45, 7) is 4.43. The number of aryl methyl sites for hydroxylation is 2. The predicted molar refractivity (Wildman–Crippen MR) is 177 cm³/mol. The maximum absolute atomic E-state index is 2.58. The summed E-state index contributed by atoms with van der Waals surface area (Å²) in [6, 6.07) is 0. The van der Waals surface area contributed by atoms with Gasteiger partial charge in [0.05, 0.1) is 54.8 Å². The van der Waals surface area contributed by atoms with Gasteiger partial charge in [-0.25, -0.2) is 0 Å². The summed E-state index contributed by atoms with van der Waals surface area (Å²) in [5.74, 6) is 0. The molecule has 0 aliphatic carbocycles. The van der Waals surface area contributed by atoms with Crippen LogP contribution in [0.15, 0.2) is 10.8 Å². The van der Waals surface area contributed by atoms with Crippen LogP contribution in [0, 0.1) is 28.1 Å². The maximum Gasteiger partial charge on any atom is 0.0651 e. The minimum Gasteiger partial charge on any atom is -0.141 e. The molecule has 0 amide bonds. The van der Waals surface area contributed by atoms with Crippen molar-refractivity contribution in [3.63, 3.8) is 0 Å². The van der Waals surface area contributed by atoms with Gasteiger partial charge in [0.2, 0.25) is 0 Å². The van der Waals surface area contributed by atoms with Crippen LogP contribution in [0.3, 0.4) is 0 Å². The van der Waals surface area contributed by atoms with Gasteiger partial charge >= 0.3 is 0 Å². The van der Waals surface area contributed by atoms with E-state index in [2.05, 4.69) is 115 Å². The Morgan fingerprint density at radius 3 is 1.17 bits per heavy atom. The standard InChI is InChI=1S/C20H8I4S6/c1-5-3-25-11(7(5)21)13-9(23)15-17(27-13)19-20(29-15)18-16(30-19)10(24)14(28-18)12-8(22)6(2)4-26-12/h3-4H,1-2H3. The summed E-state index contributed by atoms with van der Waals surface area (Å²) in [4.78, 5) is 5.79. The van der Waals surface area contributed by atoms with Crippen LogP contribution < -0.4 is 0 Å². The fraction of sp³-hybridized carbons (Fsp3) is 0.100. The van der Waals surface area contributed by atoms with Gasteiger partial charge in [0, 0.05) is 7.14 Å². The third-order valence-corrected chi connectivity index (χ3v) is 20.0. The lowest BCUT2D eigenvalue weighted by Gasteiger charge is -1.97. The molecule has 0 aliphatic rings. The van der Waals surface area contributed by atoms with E-state index in [4.69, 9.17) is 0 Å². The van der Waals surface area contributed by atoms with Crippen LogP contribution in [0.4, 0.5) is 0 Å². The quantitative estimate of drug-likeness (QED) is 0.152. The minimum atomic E-state index is 1.39. The summed E-state index contributed by atoms with van der Waals surface area (Å²) in [5.41, 5.74) is 2.79. The molecule has 0 saturated carbocycles. The molecule has 0 saturated heterocycles. The van der Waals surface area contributed by atoms with Gasteiger partial charge in [-0.3, -0.25) is 0 Å². The number of rotatable bonds is 2. The summed E-state index contributed by atoms with van der Waals surface area (Å²) in [6.07, 6.45) is 0. The summed E-state index contributed by atoms with van der Waals surface area (Å²) in [5, 5.41) is 4.57. The van der Waals surface area contributed by atoms with Gasteiger partial charge in [-0.2, -0.15) is 0 Å². The fourth-order valence-corrected chi connectivity index (χ4v) is 16.7. The van der Waals surface area contributed by atoms with Crippen molar-refractivity contribution < 1.29 is 0 Å². The topological polar surface area (TPSA) is 0 Å². The summed E-state index contributed by atoms with van der Waals surface area (Å²) < 4.78 is 14.6. The van der Waals surface area contributed by atoms with E-state index in [1.54, 1.807) is 0 Å². The van der Waals surface area contributed by atoms with Gasteiger partial charge in [-0.1, -0.05) is 0 Å². The highest BCUT2D eigenvalue weighted by molar-refractivity contribution is 14.1. The van der Waals surface area contributed by atoms with Crippen LogP contribution in [-0.4, -0.2) is 0 Å². The van der Waals surface area contributed by atoms with Crippen LogP contribution in [0.2, 0.25) is 0 Å². The van der Waals surface area contributed by atoms with Crippen molar-refractivity contribution in [2.75, 3.05) is 0 Å². The Bertz CT molecular complexity index is 1490. The van der Waals surface area contributed by atoms with E-state index in [-0.39, 0.29) is 0 Å². The van der Waals surface area contributed by atoms with Crippen molar-refractivity contribution >= 4 is 187 Å². The molecule has 0 fully saturated rings. The van der Waals surface area contributed by atoms with Crippen molar-refractivity contribution in [3.05, 3.63) is 36.2 Å². The smallest absolute Gasteiger partial charge is 0.0651 e. The molecule has 10 heteroatoms. The lowest BCUT2D eigenvalue weighted by atomic mass is 10.3. The molecule has 6 rings (SSSR count). The molecule has 0 bridgehead atoms. The molecule has 0 spiro atoms. The lowest BCUT2D eigenvalue weighted by molar-refractivity contribution is 1.51. The molecular formula is C20H8I4S6. The Balaban J connectivity index is 1.60. The number of halogens is 4. The van der Waals surface area contributed by atoms with Gasteiger partial charge < -0.3 is 0 Å². The first-order valence-corrected chi connectivity index (χ1v) is 17.9. The van der Waals surface area contributed by atoms with Crippen LogP contribution >= 0.6 is 158 Å². The highest BCUT2D eigenvalue weighted by atomic mass is 127. The molecule has 0 atom stereocenters. The number of hydrogen-bond acceptors (Lipinski definition) is 6. The maximum atomic E-state index is 2.58. The summed E-state index contributed by atoms with van der Waals surface area (Å²) in [7, 11) is 0. The first-order chi connectivity index (χ1) is 14.4. The predicted octanol–water partition coefficient (Wildman–Crippen LogP) is 11.9. The first-order valence-electron chi connectivity index (χ1n) is 8.60. The molecular weight excluding hydrogens is 940 g/mol. The van der Waals surface area contributed by atoms with E-state index in [9.17, 15) is 0 Å². The second-order valence-corrected chi connectivity index (χ2v) is 16.9. The summed E-state index contributed by atoms with van der Waals surface area (Å²) >= 11 is 21.9. The SMILES string of the molecule is Cc1csc(-c2sc3c(sc4c5sc(-c6scc(C)c6I)c(I)c5sc34)c2I)c1I. The van der Waals surface area contributed by atoms with Crippen LogP contribution in [-0.2, 0) is 0 Å². The van der Waals surface area contributed by atoms with Crippen LogP contribution in [0.1, 0.15) is 11.1 Å². The van der Waals surface area contributed by atoms with Gasteiger partial charge in [0.1, 0.15) is 0 Å². The van der Waals surface area contributed by atoms with E-state index < -0.39 is 0 Å². The second kappa shape index (κ2) is 8.24. The van der Waals surface area contributed by atoms with Crippen LogP contribution in [0.25, 0.3) is 47.7 Å². The van der Waals surface area contributed by atoms with Gasteiger partial charge in [0.25, 0.3) is 0 Å². The minimum absolute atomic E-state index is 1.39. The molecule has 6 heterocycles. The largest absolute Gasteiger partial charge is 0.141 e. The molecule has 0 radical (unpaired) electrons. The van der Waals surface area contributed by atoms with E-state index in [1.165, 1.54) is 73.1 Å². The monoisotopic (exact) mass is 948 g/mol. The molecule has 6 aromatic rings.